The molecule has 148 valence electrons. The van der Waals surface area contributed by atoms with Crippen molar-refractivity contribution in [1.29, 1.82) is 0 Å². The second-order valence-electron chi connectivity index (χ2n) is 7.25. The molecule has 0 saturated heterocycles. The third-order valence-electron chi connectivity index (χ3n) is 4.94. The number of nitrogens with one attached hydrogen (secondary N) is 2. The largest absolute Gasteiger partial charge is 0.349 e. The van der Waals surface area contributed by atoms with Crippen molar-refractivity contribution >= 4 is 28.5 Å². The van der Waals surface area contributed by atoms with E-state index in [4.69, 9.17) is 11.6 Å². The molecule has 0 radical (unpaired) electrons. The molecule has 0 aliphatic carbocycles. The lowest BCUT2D eigenvalue weighted by atomic mass is 10.1. The van der Waals surface area contributed by atoms with Gasteiger partial charge in [-0.25, -0.2) is 4.98 Å². The highest BCUT2D eigenvalue weighted by Gasteiger charge is 2.16. The summed E-state index contributed by atoms with van der Waals surface area (Å²) in [5, 5.41) is 10.9. The molecule has 0 saturated carbocycles. The number of hydrogen-bond donors (Lipinski definition) is 2. The van der Waals surface area contributed by atoms with Crippen LogP contribution >= 0.6 is 11.6 Å². The Kier molecular flexibility index (Phi) is 5.07. The van der Waals surface area contributed by atoms with Crippen LogP contribution < -0.4 is 5.32 Å². The Morgan fingerprint density at radius 2 is 1.90 bits per heavy atom. The maximum absolute atomic E-state index is 12.7. The molecule has 2 aromatic carbocycles. The van der Waals surface area contributed by atoms with Crippen molar-refractivity contribution in [3.8, 4) is 5.69 Å². The van der Waals surface area contributed by atoms with Crippen LogP contribution in [0.5, 0.6) is 0 Å². The van der Waals surface area contributed by atoms with Crippen molar-refractivity contribution in [2.24, 2.45) is 0 Å². The first-order valence-corrected chi connectivity index (χ1v) is 9.70. The van der Waals surface area contributed by atoms with Crippen molar-refractivity contribution in [3.63, 3.8) is 0 Å². The van der Waals surface area contributed by atoms with E-state index in [2.05, 4.69) is 51.5 Å². The Hall–Kier alpha value is -3.19. The fraction of sp³-hybridized carbons (Fsp3) is 0.238. The normalized spacial score (nSPS) is 12.3. The van der Waals surface area contributed by atoms with Gasteiger partial charge in [-0.3, -0.25) is 9.36 Å². The van der Waals surface area contributed by atoms with Crippen LogP contribution in [0.15, 0.2) is 43.0 Å². The van der Waals surface area contributed by atoms with Gasteiger partial charge in [-0.2, -0.15) is 0 Å². The molecular formula is C21H21ClN6O. The Morgan fingerprint density at radius 3 is 2.62 bits per heavy atom. The number of imidazole rings is 1. The minimum absolute atomic E-state index is 0.112. The maximum Gasteiger partial charge on any atom is 0.253 e. The molecule has 4 aromatic rings. The molecule has 2 aromatic heterocycles. The Morgan fingerprint density at radius 1 is 1.17 bits per heavy atom. The molecule has 0 unspecified atom stereocenters. The van der Waals surface area contributed by atoms with Gasteiger partial charge in [0.25, 0.3) is 5.91 Å². The first-order chi connectivity index (χ1) is 13.9. The number of H-pyrrole nitrogens is 1. The van der Waals surface area contributed by atoms with E-state index in [1.807, 2.05) is 6.92 Å². The number of benzene rings is 2. The number of amides is 1. The summed E-state index contributed by atoms with van der Waals surface area (Å²) in [4.78, 5) is 20.7. The van der Waals surface area contributed by atoms with Crippen molar-refractivity contribution < 1.29 is 4.79 Å². The molecule has 2 heterocycles. The highest BCUT2D eigenvalue weighted by atomic mass is 35.5. The lowest BCUT2D eigenvalue weighted by Crippen LogP contribution is -2.34. The van der Waals surface area contributed by atoms with Gasteiger partial charge in [-0.15, -0.1) is 10.2 Å². The van der Waals surface area contributed by atoms with Gasteiger partial charge in [0.1, 0.15) is 18.5 Å². The van der Waals surface area contributed by atoms with Crippen molar-refractivity contribution in [2.45, 2.75) is 33.2 Å². The third-order valence-corrected chi connectivity index (χ3v) is 5.25. The number of aromatic nitrogens is 5. The summed E-state index contributed by atoms with van der Waals surface area (Å²) in [6, 6.07) is 9.28. The predicted molar refractivity (Wildman–Crippen MR) is 113 cm³/mol. The van der Waals surface area contributed by atoms with E-state index in [0.29, 0.717) is 17.0 Å². The summed E-state index contributed by atoms with van der Waals surface area (Å²) < 4.78 is 1.72. The molecule has 2 N–H and O–H groups in total. The molecular weight excluding hydrogens is 388 g/mol. The Balaban J connectivity index is 1.45. The van der Waals surface area contributed by atoms with E-state index in [1.54, 1.807) is 35.4 Å². The summed E-state index contributed by atoms with van der Waals surface area (Å²) in [5.74, 6) is 0.618. The number of aryl methyl sites for hydroxylation is 2. The van der Waals surface area contributed by atoms with Crippen LogP contribution in [0.2, 0.25) is 5.02 Å². The number of carbonyl (C=O) groups excluding carboxylic acids is 1. The van der Waals surface area contributed by atoms with Gasteiger partial charge >= 0.3 is 0 Å². The van der Waals surface area contributed by atoms with E-state index >= 15 is 0 Å². The van der Waals surface area contributed by atoms with Gasteiger partial charge in [0.15, 0.2) is 0 Å². The Bertz CT molecular complexity index is 1140. The number of aromatic amines is 1. The summed E-state index contributed by atoms with van der Waals surface area (Å²) in [6.45, 7) is 6.10. The number of rotatable bonds is 5. The summed E-state index contributed by atoms with van der Waals surface area (Å²) in [5.41, 5.74) is 5.59. The predicted octanol–water partition coefficient (Wildman–Crippen LogP) is 3.77. The summed E-state index contributed by atoms with van der Waals surface area (Å²) in [7, 11) is 0. The zero-order valence-corrected chi connectivity index (χ0v) is 17.2. The molecule has 0 bridgehead atoms. The quantitative estimate of drug-likeness (QED) is 0.526. The molecule has 0 aliphatic rings. The van der Waals surface area contributed by atoms with Crippen LogP contribution in [-0.4, -0.2) is 36.7 Å². The minimum atomic E-state index is -0.222. The van der Waals surface area contributed by atoms with Crippen molar-refractivity contribution in [3.05, 3.63) is 70.5 Å². The molecule has 1 atom stereocenters. The lowest BCUT2D eigenvalue weighted by molar-refractivity contribution is 0.0940. The SMILES string of the molecule is Cc1cc2nc(C[C@@H](C)NC(=O)c3ccc(-n4cnnc4)cc3Cl)[nH]c2cc1C. The van der Waals surface area contributed by atoms with Gasteiger partial charge in [0, 0.05) is 18.2 Å². The Labute approximate surface area is 173 Å². The van der Waals surface area contributed by atoms with Crippen LogP contribution in [0, 0.1) is 13.8 Å². The van der Waals surface area contributed by atoms with Crippen LogP contribution in [0.3, 0.4) is 0 Å². The highest BCUT2D eigenvalue weighted by molar-refractivity contribution is 6.34. The highest BCUT2D eigenvalue weighted by Crippen LogP contribution is 2.21. The molecule has 29 heavy (non-hydrogen) atoms. The third kappa shape index (κ3) is 4.00. The van der Waals surface area contributed by atoms with Crippen LogP contribution in [0.1, 0.15) is 34.2 Å². The van der Waals surface area contributed by atoms with Gasteiger partial charge in [0.05, 0.1) is 21.6 Å². The topological polar surface area (TPSA) is 88.5 Å². The average Bonchev–Trinajstić information content (AvgIpc) is 3.31. The fourth-order valence-electron chi connectivity index (χ4n) is 3.24. The second kappa shape index (κ2) is 7.67. The van der Waals surface area contributed by atoms with Gasteiger partial charge < -0.3 is 10.3 Å². The smallest absolute Gasteiger partial charge is 0.253 e. The zero-order valence-electron chi connectivity index (χ0n) is 16.4. The monoisotopic (exact) mass is 408 g/mol. The molecule has 0 fully saturated rings. The van der Waals surface area contributed by atoms with Crippen molar-refractivity contribution in [2.75, 3.05) is 0 Å². The van der Waals surface area contributed by atoms with Gasteiger partial charge in [-0.05, 0) is 62.2 Å². The van der Waals surface area contributed by atoms with E-state index in [0.717, 1.165) is 22.5 Å². The number of nitrogens with zero attached hydrogens (tertiary/aromatic N) is 4. The molecule has 8 heteroatoms. The molecule has 7 nitrogen and oxygen atoms in total. The van der Waals surface area contributed by atoms with Gasteiger partial charge in [-0.1, -0.05) is 11.6 Å². The number of fused-ring (bicyclic) bond motifs is 1. The van der Waals surface area contributed by atoms with Crippen LogP contribution in [-0.2, 0) is 6.42 Å². The van der Waals surface area contributed by atoms with Crippen molar-refractivity contribution in [1.82, 2.24) is 30.0 Å². The first kappa shape index (κ1) is 19.1. The van der Waals surface area contributed by atoms with Gasteiger partial charge in [0.2, 0.25) is 0 Å². The lowest BCUT2D eigenvalue weighted by Gasteiger charge is -2.14. The maximum atomic E-state index is 12.7. The molecule has 1 amide bonds. The number of halogens is 1. The average molecular weight is 409 g/mol. The standard InChI is InChI=1S/C21H21ClN6O/c1-12-6-18-19(7-13(12)2)27-20(26-18)8-14(3)25-21(29)16-5-4-15(9-17(16)22)28-10-23-24-11-28/h4-7,9-11,14H,8H2,1-3H3,(H,25,29)(H,26,27)/t14-/m1/s1. The van der Waals surface area contributed by atoms with E-state index in [9.17, 15) is 4.79 Å². The first-order valence-electron chi connectivity index (χ1n) is 9.32. The second-order valence-corrected chi connectivity index (χ2v) is 7.66. The summed E-state index contributed by atoms with van der Waals surface area (Å²) >= 11 is 6.33. The number of hydrogen-bond acceptors (Lipinski definition) is 4. The molecule has 4 rings (SSSR count). The van der Waals surface area contributed by atoms with E-state index < -0.39 is 0 Å². The van der Waals surface area contributed by atoms with Crippen LogP contribution in [0.4, 0.5) is 0 Å². The van der Waals surface area contributed by atoms with E-state index in [-0.39, 0.29) is 11.9 Å². The van der Waals surface area contributed by atoms with Crippen LogP contribution in [0.25, 0.3) is 16.7 Å². The van der Waals surface area contributed by atoms with E-state index in [1.165, 1.54) is 11.1 Å². The number of carbonyl (C=O) groups is 1. The minimum Gasteiger partial charge on any atom is -0.349 e. The summed E-state index contributed by atoms with van der Waals surface area (Å²) in [6.07, 6.45) is 3.74. The molecule has 0 aliphatic heterocycles. The zero-order chi connectivity index (χ0) is 20.5. The fourth-order valence-corrected chi connectivity index (χ4v) is 3.51. The molecule has 0 spiro atoms.